The molecule has 3 atom stereocenters. The van der Waals surface area contributed by atoms with E-state index in [1.54, 1.807) is 0 Å². The van der Waals surface area contributed by atoms with Crippen LogP contribution in [0, 0.1) is 16.7 Å². The lowest BCUT2D eigenvalue weighted by atomic mass is 9.74. The first-order valence-electron chi connectivity index (χ1n) is 17.3. The van der Waals surface area contributed by atoms with Crippen LogP contribution >= 0.6 is 0 Å². The minimum Gasteiger partial charge on any atom is -0.481 e. The second-order valence-electron chi connectivity index (χ2n) is 15.6. The Bertz CT molecular complexity index is 1130. The van der Waals surface area contributed by atoms with E-state index in [4.69, 9.17) is 24.4 Å². The second-order valence-corrected chi connectivity index (χ2v) is 15.6. The molecule has 0 rings (SSSR count). The number of unbranched alkanes of at least 4 members (excludes halogenated alkanes) is 1. The van der Waals surface area contributed by atoms with Crippen molar-refractivity contribution in [2.24, 2.45) is 16.7 Å². The van der Waals surface area contributed by atoms with E-state index in [0.29, 0.717) is 38.9 Å². The Morgan fingerprint density at radius 1 is 0.700 bits per heavy atom. The van der Waals surface area contributed by atoms with Gasteiger partial charge in [-0.1, -0.05) is 41.5 Å². The van der Waals surface area contributed by atoms with E-state index in [9.17, 15) is 33.9 Å². The average Bonchev–Trinajstić information content (AvgIpc) is 2.96. The molecule has 3 amide bonds. The number of hydrogen-bond acceptors (Lipinski definition) is 9. The minimum absolute atomic E-state index is 0.0336. The molecule has 0 aromatic heterocycles. The van der Waals surface area contributed by atoms with Gasteiger partial charge in [0.1, 0.15) is 17.7 Å². The smallest absolute Gasteiger partial charge is 0.326 e. The highest BCUT2D eigenvalue weighted by atomic mass is 16.6. The van der Waals surface area contributed by atoms with E-state index < -0.39 is 53.6 Å². The summed E-state index contributed by atoms with van der Waals surface area (Å²) in [6.07, 6.45) is 1.40. The normalized spacial score (nSPS) is 14.2. The number of carbonyl (C=O) groups is 6. The zero-order chi connectivity index (χ0) is 38.9. The number of esters is 1. The molecule has 15 nitrogen and oxygen atoms in total. The number of ether oxygens (including phenoxy) is 3. The fraction of sp³-hybridized carbons (Fsp3) is 0.829. The average molecular weight is 718 g/mol. The molecule has 290 valence electrons. The number of nitrogens with one attached hydrogen (secondary N) is 3. The number of carbonyl (C=O) groups excluding carboxylic acids is 3. The Morgan fingerprint density at radius 2 is 1.26 bits per heavy atom. The third kappa shape index (κ3) is 19.1. The zero-order valence-electron chi connectivity index (χ0n) is 31.7. The molecule has 6 N–H and O–H groups in total. The van der Waals surface area contributed by atoms with Gasteiger partial charge in [0.15, 0.2) is 0 Å². The van der Waals surface area contributed by atoms with Crippen molar-refractivity contribution >= 4 is 35.8 Å². The van der Waals surface area contributed by atoms with Crippen LogP contribution in [-0.4, -0.2) is 101 Å². The lowest BCUT2D eigenvalue weighted by Crippen LogP contribution is -2.51. The first kappa shape index (κ1) is 46.5. The Morgan fingerprint density at radius 3 is 1.78 bits per heavy atom. The standard InChI is InChI=1S/C35H63N3O12/c1-23(32(2,3)4)30(46)50-35(9,10)33(5,6)17-22-49-34(7,8)18-21-48-20-16-26(39)36-19-12-11-13-24(28(42)43)37-31(47)38-25(29(44)45)14-15-27(40)41/h23-25H,11-22H2,1-10H3,(H,36,39)(H,40,41)(H,42,43)(H,44,45)(H2,37,38,47)/t23?,24-,25-/m0/s1. The molecule has 0 spiro atoms. The van der Waals surface area contributed by atoms with Gasteiger partial charge in [-0.2, -0.15) is 0 Å². The molecule has 0 fully saturated rings. The van der Waals surface area contributed by atoms with E-state index in [1.165, 1.54) is 0 Å². The Labute approximate surface area is 296 Å². The summed E-state index contributed by atoms with van der Waals surface area (Å²) in [6, 6.07) is -3.82. The maximum Gasteiger partial charge on any atom is 0.326 e. The zero-order valence-corrected chi connectivity index (χ0v) is 31.7. The highest BCUT2D eigenvalue weighted by Gasteiger charge is 2.42. The van der Waals surface area contributed by atoms with Gasteiger partial charge in [0, 0.05) is 38.0 Å². The van der Waals surface area contributed by atoms with Crippen molar-refractivity contribution in [2.45, 2.75) is 144 Å². The predicted molar refractivity (Wildman–Crippen MR) is 186 cm³/mol. The second kappa shape index (κ2) is 21.0. The first-order chi connectivity index (χ1) is 22.8. The van der Waals surface area contributed by atoms with Crippen molar-refractivity contribution in [3.63, 3.8) is 0 Å². The molecule has 0 radical (unpaired) electrons. The lowest BCUT2D eigenvalue weighted by Gasteiger charge is -2.42. The SMILES string of the molecule is CC(C(=O)OC(C)(C)C(C)(C)CCOC(C)(C)CCOCCC(=O)NCCCC[C@H](NC(=O)N[C@@H](CCC(=O)O)C(=O)O)C(=O)O)C(C)(C)C. The van der Waals surface area contributed by atoms with Gasteiger partial charge in [0.25, 0.3) is 0 Å². The molecular weight excluding hydrogens is 654 g/mol. The number of carboxylic acids is 3. The molecule has 0 aliphatic rings. The number of urea groups is 1. The van der Waals surface area contributed by atoms with Gasteiger partial charge in [-0.25, -0.2) is 14.4 Å². The summed E-state index contributed by atoms with van der Waals surface area (Å²) in [7, 11) is 0. The van der Waals surface area contributed by atoms with Crippen LogP contribution in [0.5, 0.6) is 0 Å². The molecule has 0 saturated carbocycles. The Balaban J connectivity index is 4.38. The summed E-state index contributed by atoms with van der Waals surface area (Å²) in [5.41, 5.74) is -1.70. The Kier molecular flexibility index (Phi) is 19.6. The van der Waals surface area contributed by atoms with Gasteiger partial charge < -0.3 is 45.5 Å². The quantitative estimate of drug-likeness (QED) is 0.0572. The van der Waals surface area contributed by atoms with Crippen LogP contribution in [0.15, 0.2) is 0 Å². The molecule has 0 aromatic rings. The van der Waals surface area contributed by atoms with Crippen LogP contribution in [0.1, 0.15) is 121 Å². The molecule has 15 heteroatoms. The van der Waals surface area contributed by atoms with E-state index in [0.717, 1.165) is 0 Å². The van der Waals surface area contributed by atoms with E-state index in [2.05, 4.69) is 29.8 Å². The minimum atomic E-state index is -1.48. The van der Waals surface area contributed by atoms with Crippen molar-refractivity contribution in [3.05, 3.63) is 0 Å². The third-order valence-corrected chi connectivity index (χ3v) is 9.28. The number of amides is 3. The number of rotatable bonds is 25. The van der Waals surface area contributed by atoms with Crippen molar-refractivity contribution < 1.29 is 58.3 Å². The molecule has 0 heterocycles. The third-order valence-electron chi connectivity index (χ3n) is 9.28. The number of hydrogen-bond donors (Lipinski definition) is 6. The lowest BCUT2D eigenvalue weighted by molar-refractivity contribution is -0.179. The van der Waals surface area contributed by atoms with Crippen LogP contribution in [0.4, 0.5) is 4.79 Å². The van der Waals surface area contributed by atoms with Gasteiger partial charge in [-0.3, -0.25) is 14.4 Å². The molecule has 0 aromatic carbocycles. The highest BCUT2D eigenvalue weighted by molar-refractivity contribution is 5.86. The monoisotopic (exact) mass is 717 g/mol. The van der Waals surface area contributed by atoms with Gasteiger partial charge in [-0.05, 0) is 71.6 Å². The summed E-state index contributed by atoms with van der Waals surface area (Å²) >= 11 is 0. The molecule has 1 unspecified atom stereocenters. The van der Waals surface area contributed by atoms with Crippen LogP contribution < -0.4 is 16.0 Å². The molecule has 0 aliphatic carbocycles. The van der Waals surface area contributed by atoms with Crippen LogP contribution in [0.25, 0.3) is 0 Å². The molecule has 0 bridgehead atoms. The summed E-state index contributed by atoms with van der Waals surface area (Å²) in [5.74, 6) is -4.66. The van der Waals surface area contributed by atoms with E-state index in [-0.39, 0.29) is 61.0 Å². The van der Waals surface area contributed by atoms with E-state index >= 15 is 0 Å². The molecule has 0 aliphatic heterocycles. The topological polar surface area (TPSA) is 227 Å². The molecule has 50 heavy (non-hydrogen) atoms. The van der Waals surface area contributed by atoms with Gasteiger partial charge in [0.05, 0.1) is 18.1 Å². The van der Waals surface area contributed by atoms with E-state index in [1.807, 2.05) is 55.4 Å². The largest absolute Gasteiger partial charge is 0.481 e. The highest BCUT2D eigenvalue weighted by Crippen LogP contribution is 2.39. The first-order valence-corrected chi connectivity index (χ1v) is 17.3. The van der Waals surface area contributed by atoms with Crippen LogP contribution in [-0.2, 0) is 38.2 Å². The van der Waals surface area contributed by atoms with Crippen molar-refractivity contribution in [1.29, 1.82) is 0 Å². The summed E-state index contributed by atoms with van der Waals surface area (Å²) in [4.78, 5) is 70.5. The van der Waals surface area contributed by atoms with Crippen molar-refractivity contribution in [2.75, 3.05) is 26.4 Å². The summed E-state index contributed by atoms with van der Waals surface area (Å²) in [6.45, 7) is 21.2. The van der Waals surface area contributed by atoms with Gasteiger partial charge >= 0.3 is 29.9 Å². The molecule has 0 saturated heterocycles. The fourth-order valence-corrected chi connectivity index (χ4v) is 4.30. The Hall–Kier alpha value is -3.46. The summed E-state index contributed by atoms with van der Waals surface area (Å²) in [5, 5.41) is 34.3. The predicted octanol–water partition coefficient (Wildman–Crippen LogP) is 4.36. The van der Waals surface area contributed by atoms with Crippen LogP contribution in [0.2, 0.25) is 0 Å². The van der Waals surface area contributed by atoms with Crippen molar-refractivity contribution in [3.8, 4) is 0 Å². The molecular formula is C35H63N3O12. The fourth-order valence-electron chi connectivity index (χ4n) is 4.30. The summed E-state index contributed by atoms with van der Waals surface area (Å²) < 4.78 is 17.8. The maximum absolute atomic E-state index is 12.8. The van der Waals surface area contributed by atoms with Crippen LogP contribution in [0.3, 0.4) is 0 Å². The maximum atomic E-state index is 12.8. The van der Waals surface area contributed by atoms with Crippen molar-refractivity contribution in [1.82, 2.24) is 16.0 Å². The number of carboxylic acid groups (broad SMARTS) is 3. The van der Waals surface area contributed by atoms with Gasteiger partial charge in [0.2, 0.25) is 5.91 Å². The van der Waals surface area contributed by atoms with Gasteiger partial charge in [-0.15, -0.1) is 0 Å². The number of aliphatic carboxylic acids is 3.